The lowest BCUT2D eigenvalue weighted by molar-refractivity contribution is 0.195. The number of halogens is 1. The fourth-order valence-corrected chi connectivity index (χ4v) is 4.39. The average molecular weight is 453 g/mol. The van der Waals surface area contributed by atoms with Gasteiger partial charge in [0, 0.05) is 50.6 Å². The van der Waals surface area contributed by atoms with E-state index in [9.17, 15) is 9.50 Å². The second kappa shape index (κ2) is 9.54. The van der Waals surface area contributed by atoms with Gasteiger partial charge in [0.15, 0.2) is 11.6 Å². The molecular formula is C24H29FN6O2. The van der Waals surface area contributed by atoms with Gasteiger partial charge in [0.1, 0.15) is 11.3 Å². The van der Waals surface area contributed by atoms with Crippen molar-refractivity contribution in [2.24, 2.45) is 0 Å². The fourth-order valence-electron chi connectivity index (χ4n) is 4.39. The summed E-state index contributed by atoms with van der Waals surface area (Å²) in [4.78, 5) is 18.7. The highest BCUT2D eigenvalue weighted by atomic mass is 19.1. The summed E-state index contributed by atoms with van der Waals surface area (Å²) in [5.74, 6) is 1.35. The van der Waals surface area contributed by atoms with Crippen LogP contribution in [0, 0.1) is 12.7 Å². The Morgan fingerprint density at radius 2 is 2.00 bits per heavy atom. The van der Waals surface area contributed by atoms with Crippen LogP contribution in [0.5, 0.6) is 0 Å². The van der Waals surface area contributed by atoms with Gasteiger partial charge in [0.25, 0.3) is 0 Å². The Bertz CT molecular complexity index is 1130. The van der Waals surface area contributed by atoms with E-state index in [0.717, 1.165) is 67.6 Å². The molecule has 2 saturated heterocycles. The van der Waals surface area contributed by atoms with Crippen LogP contribution < -0.4 is 10.2 Å². The van der Waals surface area contributed by atoms with Crippen LogP contribution in [0.2, 0.25) is 0 Å². The average Bonchev–Trinajstić information content (AvgIpc) is 3.34. The van der Waals surface area contributed by atoms with Crippen LogP contribution in [0.15, 0.2) is 30.5 Å². The Morgan fingerprint density at radius 3 is 2.73 bits per heavy atom. The predicted molar refractivity (Wildman–Crippen MR) is 125 cm³/mol. The molecule has 5 rings (SSSR count). The maximum atomic E-state index is 14.4. The molecule has 2 fully saturated rings. The minimum absolute atomic E-state index is 0.151. The SMILES string of the molecule is Cc1cc2nc(N3CCN(Cc4ccc(CO)cc4F)CC3)c(N[C@H]3CCOC3)nc2cn1. The summed E-state index contributed by atoms with van der Waals surface area (Å²) in [7, 11) is 0. The van der Waals surface area contributed by atoms with E-state index >= 15 is 0 Å². The zero-order valence-corrected chi connectivity index (χ0v) is 18.8. The monoisotopic (exact) mass is 452 g/mol. The zero-order valence-electron chi connectivity index (χ0n) is 18.8. The second-order valence-electron chi connectivity index (χ2n) is 8.76. The van der Waals surface area contributed by atoms with E-state index in [0.29, 0.717) is 24.3 Å². The predicted octanol–water partition coefficient (Wildman–Crippen LogP) is 2.49. The molecule has 33 heavy (non-hydrogen) atoms. The Balaban J connectivity index is 1.33. The van der Waals surface area contributed by atoms with Crippen LogP contribution in [0.1, 0.15) is 23.2 Å². The highest BCUT2D eigenvalue weighted by Gasteiger charge is 2.25. The summed E-state index contributed by atoms with van der Waals surface area (Å²) < 4.78 is 19.9. The number of aliphatic hydroxyl groups excluding tert-OH is 1. The van der Waals surface area contributed by atoms with Gasteiger partial charge in [-0.25, -0.2) is 14.4 Å². The van der Waals surface area contributed by atoms with E-state index in [2.05, 4.69) is 20.1 Å². The van der Waals surface area contributed by atoms with Crippen molar-refractivity contribution in [3.63, 3.8) is 0 Å². The maximum Gasteiger partial charge on any atom is 0.172 e. The van der Waals surface area contributed by atoms with Gasteiger partial charge in [0.05, 0.1) is 31.0 Å². The van der Waals surface area contributed by atoms with E-state index < -0.39 is 0 Å². The standard InChI is InChI=1S/C24H29FN6O2/c1-16-10-21-22(12-26-16)28-23(27-19-4-9-33-15-19)24(29-21)31-7-5-30(6-8-31)13-18-3-2-17(14-32)11-20(18)25/h2-3,10-12,19,32H,4-9,13-15H2,1H3,(H,27,28)/t19-/m0/s1. The molecule has 0 bridgehead atoms. The number of nitrogens with one attached hydrogen (secondary N) is 1. The van der Waals surface area contributed by atoms with Gasteiger partial charge < -0.3 is 20.1 Å². The van der Waals surface area contributed by atoms with Gasteiger partial charge in [-0.3, -0.25) is 9.88 Å². The molecule has 0 aliphatic carbocycles. The minimum atomic E-state index is -0.265. The van der Waals surface area contributed by atoms with Crippen LogP contribution in [0.25, 0.3) is 11.0 Å². The number of aliphatic hydroxyl groups is 1. The first-order chi connectivity index (χ1) is 16.1. The largest absolute Gasteiger partial charge is 0.392 e. The first-order valence-corrected chi connectivity index (χ1v) is 11.4. The molecule has 1 atom stereocenters. The van der Waals surface area contributed by atoms with Crippen LogP contribution in [-0.2, 0) is 17.9 Å². The van der Waals surface area contributed by atoms with Gasteiger partial charge >= 0.3 is 0 Å². The third-order valence-electron chi connectivity index (χ3n) is 6.31. The van der Waals surface area contributed by atoms with E-state index in [1.165, 1.54) is 6.07 Å². The summed E-state index contributed by atoms with van der Waals surface area (Å²) >= 11 is 0. The van der Waals surface area contributed by atoms with Crippen molar-refractivity contribution < 1.29 is 14.2 Å². The molecule has 2 N–H and O–H groups in total. The van der Waals surface area contributed by atoms with Crippen LogP contribution >= 0.6 is 0 Å². The van der Waals surface area contributed by atoms with Crippen molar-refractivity contribution >= 4 is 22.7 Å². The van der Waals surface area contributed by atoms with E-state index in [1.54, 1.807) is 18.3 Å². The number of fused-ring (bicyclic) bond motifs is 1. The number of piperazine rings is 1. The first kappa shape index (κ1) is 21.9. The number of pyridine rings is 1. The summed E-state index contributed by atoms with van der Waals surface area (Å²) in [6.45, 7) is 6.90. The van der Waals surface area contributed by atoms with Crippen LogP contribution in [-0.4, -0.2) is 70.4 Å². The number of aryl methyl sites for hydroxylation is 1. The Morgan fingerprint density at radius 1 is 1.15 bits per heavy atom. The Hall–Kier alpha value is -2.88. The van der Waals surface area contributed by atoms with Crippen molar-refractivity contribution in [3.8, 4) is 0 Å². The molecule has 2 aliphatic heterocycles. The molecule has 0 spiro atoms. The Labute approximate surface area is 192 Å². The summed E-state index contributed by atoms with van der Waals surface area (Å²) in [6, 6.07) is 7.15. The van der Waals surface area contributed by atoms with Gasteiger partial charge in [-0.15, -0.1) is 0 Å². The molecule has 0 amide bonds. The van der Waals surface area contributed by atoms with Crippen molar-refractivity contribution in [1.29, 1.82) is 0 Å². The molecule has 174 valence electrons. The lowest BCUT2D eigenvalue weighted by Gasteiger charge is -2.36. The molecule has 1 aromatic carbocycles. The molecule has 3 aromatic rings. The number of anilines is 2. The molecular weight excluding hydrogens is 423 g/mol. The molecule has 0 radical (unpaired) electrons. The number of hydrogen-bond acceptors (Lipinski definition) is 8. The highest BCUT2D eigenvalue weighted by molar-refractivity contribution is 5.80. The second-order valence-corrected chi connectivity index (χ2v) is 8.76. The molecule has 0 unspecified atom stereocenters. The zero-order chi connectivity index (χ0) is 22.8. The van der Waals surface area contributed by atoms with Crippen LogP contribution in [0.3, 0.4) is 0 Å². The van der Waals surface area contributed by atoms with Gasteiger partial charge in [0.2, 0.25) is 0 Å². The first-order valence-electron chi connectivity index (χ1n) is 11.4. The van der Waals surface area contributed by atoms with Gasteiger partial charge in [-0.05, 0) is 31.0 Å². The van der Waals surface area contributed by atoms with Gasteiger partial charge in [-0.2, -0.15) is 0 Å². The number of ether oxygens (including phenoxy) is 1. The Kier molecular flexibility index (Phi) is 6.34. The summed E-state index contributed by atoms with van der Waals surface area (Å²) in [5, 5.41) is 12.7. The van der Waals surface area contributed by atoms with Crippen molar-refractivity contribution in [3.05, 3.63) is 53.1 Å². The number of aromatic nitrogens is 3. The number of rotatable bonds is 6. The summed E-state index contributed by atoms with van der Waals surface area (Å²) in [5.41, 5.74) is 3.75. The number of hydrogen-bond donors (Lipinski definition) is 2. The summed E-state index contributed by atoms with van der Waals surface area (Å²) in [6.07, 6.45) is 2.71. The molecule has 8 nitrogen and oxygen atoms in total. The smallest absolute Gasteiger partial charge is 0.172 e. The molecule has 0 saturated carbocycles. The lowest BCUT2D eigenvalue weighted by atomic mass is 10.1. The highest BCUT2D eigenvalue weighted by Crippen LogP contribution is 2.28. The normalized spacial score (nSPS) is 19.4. The van der Waals surface area contributed by atoms with Crippen molar-refractivity contribution in [1.82, 2.24) is 19.9 Å². The number of benzene rings is 1. The third kappa shape index (κ3) is 4.90. The van der Waals surface area contributed by atoms with Gasteiger partial charge in [-0.1, -0.05) is 12.1 Å². The van der Waals surface area contributed by atoms with E-state index in [1.807, 2.05) is 13.0 Å². The lowest BCUT2D eigenvalue weighted by Crippen LogP contribution is -2.46. The molecule has 4 heterocycles. The maximum absolute atomic E-state index is 14.4. The van der Waals surface area contributed by atoms with Crippen molar-refractivity contribution in [2.45, 2.75) is 32.5 Å². The van der Waals surface area contributed by atoms with E-state index in [-0.39, 0.29) is 18.5 Å². The van der Waals surface area contributed by atoms with E-state index in [4.69, 9.17) is 14.7 Å². The molecule has 2 aliphatic rings. The topological polar surface area (TPSA) is 86.6 Å². The van der Waals surface area contributed by atoms with Crippen molar-refractivity contribution in [2.75, 3.05) is 49.6 Å². The minimum Gasteiger partial charge on any atom is -0.392 e. The fraction of sp³-hybridized carbons (Fsp3) is 0.458. The third-order valence-corrected chi connectivity index (χ3v) is 6.31. The quantitative estimate of drug-likeness (QED) is 0.590. The van der Waals surface area contributed by atoms with Crippen LogP contribution in [0.4, 0.5) is 16.0 Å². The number of nitrogens with zero attached hydrogens (tertiary/aromatic N) is 5. The molecule has 9 heteroatoms. The molecule has 2 aromatic heterocycles.